The number of aryl methyl sites for hydroxylation is 1. The molecule has 1 aliphatic rings. The minimum absolute atomic E-state index is 0.323. The average Bonchev–Trinajstić information content (AvgIpc) is 2.68. The molecule has 0 radical (unpaired) electrons. The van der Waals surface area contributed by atoms with Crippen molar-refractivity contribution in [1.82, 2.24) is 9.97 Å². The first-order valence-corrected chi connectivity index (χ1v) is 9.22. The summed E-state index contributed by atoms with van der Waals surface area (Å²) in [7, 11) is 1.95. The number of hydrogen-bond donors (Lipinski definition) is 1. The van der Waals surface area contributed by atoms with Crippen molar-refractivity contribution in [3.63, 3.8) is 0 Å². The molecule has 1 aromatic heterocycles. The number of aromatic nitrogens is 2. The second kappa shape index (κ2) is 8.25. The summed E-state index contributed by atoms with van der Waals surface area (Å²) in [5, 5.41) is 2.74. The maximum Gasteiger partial charge on any atom is 0.259 e. The van der Waals surface area contributed by atoms with Gasteiger partial charge in [0, 0.05) is 25.0 Å². The van der Waals surface area contributed by atoms with Crippen LogP contribution in [0.3, 0.4) is 0 Å². The molecule has 1 N–H and O–H groups in total. The molecule has 0 aliphatic heterocycles. The smallest absolute Gasteiger partial charge is 0.259 e. The van der Waals surface area contributed by atoms with E-state index in [4.69, 9.17) is 0 Å². The molecule has 1 heterocycles. The van der Waals surface area contributed by atoms with E-state index in [2.05, 4.69) is 15.3 Å². The Morgan fingerprint density at radius 2 is 2.08 bits per heavy atom. The zero-order chi connectivity index (χ0) is 18.5. The van der Waals surface area contributed by atoms with Gasteiger partial charge in [-0.15, -0.1) is 0 Å². The Bertz CT molecular complexity index is 774. The number of anilines is 2. The van der Waals surface area contributed by atoms with Gasteiger partial charge in [0.15, 0.2) is 0 Å². The van der Waals surface area contributed by atoms with Crippen molar-refractivity contribution < 1.29 is 9.18 Å². The van der Waals surface area contributed by atoms with E-state index in [0.717, 1.165) is 12.8 Å². The van der Waals surface area contributed by atoms with Gasteiger partial charge in [-0.05, 0) is 37.5 Å². The Hall–Kier alpha value is -2.50. The first-order chi connectivity index (χ1) is 12.6. The summed E-state index contributed by atoms with van der Waals surface area (Å²) in [4.78, 5) is 22.5. The summed E-state index contributed by atoms with van der Waals surface area (Å²) < 4.78 is 14.6. The molecule has 2 aromatic rings. The molecule has 5 nitrogen and oxygen atoms in total. The van der Waals surface area contributed by atoms with E-state index in [1.54, 1.807) is 12.1 Å². The molecule has 138 valence electrons. The van der Waals surface area contributed by atoms with E-state index in [1.165, 1.54) is 37.9 Å². The molecule has 0 unspecified atom stereocenters. The van der Waals surface area contributed by atoms with Gasteiger partial charge in [0.25, 0.3) is 5.91 Å². The molecule has 1 aliphatic carbocycles. The topological polar surface area (TPSA) is 58.1 Å². The summed E-state index contributed by atoms with van der Waals surface area (Å²) in [5.74, 6) is -0.647. The molecule has 1 aromatic carbocycles. The van der Waals surface area contributed by atoms with Crippen LogP contribution in [0.15, 0.2) is 30.7 Å². The fourth-order valence-corrected chi connectivity index (χ4v) is 3.56. The Kier molecular flexibility index (Phi) is 5.81. The summed E-state index contributed by atoms with van der Waals surface area (Å²) in [5.41, 5.74) is 2.09. The Labute approximate surface area is 153 Å². The third-order valence-corrected chi connectivity index (χ3v) is 5.08. The van der Waals surface area contributed by atoms with Gasteiger partial charge in [-0.25, -0.2) is 14.4 Å². The minimum atomic E-state index is -0.324. The average molecular weight is 356 g/mol. The lowest BCUT2D eigenvalue weighted by atomic mass is 9.94. The zero-order valence-corrected chi connectivity index (χ0v) is 15.3. The lowest BCUT2D eigenvalue weighted by molar-refractivity contribution is 0.102. The largest absolute Gasteiger partial charge is 0.369 e. The number of carbonyl (C=O) groups excluding carboxylic acids is 1. The molecule has 1 saturated carbocycles. The summed E-state index contributed by atoms with van der Waals surface area (Å²) >= 11 is 0. The number of hydrogen-bond acceptors (Lipinski definition) is 4. The second-order valence-corrected chi connectivity index (χ2v) is 6.76. The van der Waals surface area contributed by atoms with Crippen molar-refractivity contribution >= 4 is 17.3 Å². The van der Waals surface area contributed by atoms with E-state index in [-0.39, 0.29) is 11.7 Å². The maximum atomic E-state index is 14.6. The molecule has 0 spiro atoms. The van der Waals surface area contributed by atoms with Crippen molar-refractivity contribution in [1.29, 1.82) is 0 Å². The van der Waals surface area contributed by atoms with Gasteiger partial charge in [0.2, 0.25) is 0 Å². The standard InChI is InChI=1S/C20H25FN4O/c1-3-18-16(12-22-13-23-18)20(26)24-14-9-10-19(17(21)11-14)25(2)15-7-5-4-6-8-15/h9-13,15H,3-8H2,1-2H3,(H,24,26). The summed E-state index contributed by atoms with van der Waals surface area (Å²) in [6.45, 7) is 1.93. The van der Waals surface area contributed by atoms with E-state index in [1.807, 2.05) is 18.9 Å². The van der Waals surface area contributed by atoms with E-state index < -0.39 is 0 Å². The van der Waals surface area contributed by atoms with Gasteiger partial charge in [-0.2, -0.15) is 0 Å². The van der Waals surface area contributed by atoms with Crippen LogP contribution in [0.25, 0.3) is 0 Å². The predicted octanol–water partition coefficient (Wildman–Crippen LogP) is 4.20. The van der Waals surface area contributed by atoms with Gasteiger partial charge in [0.1, 0.15) is 12.1 Å². The van der Waals surface area contributed by atoms with E-state index >= 15 is 0 Å². The molecule has 6 heteroatoms. The molecule has 0 atom stereocenters. The summed E-state index contributed by atoms with van der Waals surface area (Å²) in [6, 6.07) is 5.24. The zero-order valence-electron chi connectivity index (χ0n) is 15.3. The van der Waals surface area contributed by atoms with E-state index in [9.17, 15) is 9.18 Å². The van der Waals surface area contributed by atoms with Crippen LogP contribution < -0.4 is 10.2 Å². The monoisotopic (exact) mass is 356 g/mol. The minimum Gasteiger partial charge on any atom is -0.369 e. The molecular weight excluding hydrogens is 331 g/mol. The highest BCUT2D eigenvalue weighted by Gasteiger charge is 2.21. The SMILES string of the molecule is CCc1ncncc1C(=O)Nc1ccc(N(C)C2CCCCC2)c(F)c1. The third kappa shape index (κ3) is 4.00. The first-order valence-electron chi connectivity index (χ1n) is 9.22. The Morgan fingerprint density at radius 1 is 1.31 bits per heavy atom. The highest BCUT2D eigenvalue weighted by molar-refractivity contribution is 6.04. The lowest BCUT2D eigenvalue weighted by Gasteiger charge is -2.33. The first kappa shape index (κ1) is 18.3. The van der Waals surface area contributed by atoms with Crippen LogP contribution in [-0.2, 0) is 6.42 Å². The van der Waals surface area contributed by atoms with Gasteiger partial charge in [-0.1, -0.05) is 26.2 Å². The fourth-order valence-electron chi connectivity index (χ4n) is 3.56. The van der Waals surface area contributed by atoms with E-state index in [0.29, 0.717) is 35.1 Å². The number of rotatable bonds is 5. The molecule has 3 rings (SSSR count). The molecule has 1 amide bonds. The van der Waals surface area contributed by atoms with Gasteiger partial charge in [0.05, 0.1) is 16.9 Å². The van der Waals surface area contributed by atoms with Crippen molar-refractivity contribution in [2.75, 3.05) is 17.3 Å². The van der Waals surface area contributed by atoms with Crippen LogP contribution in [0.4, 0.5) is 15.8 Å². The number of nitrogens with one attached hydrogen (secondary N) is 1. The number of nitrogens with zero attached hydrogens (tertiary/aromatic N) is 3. The van der Waals surface area contributed by atoms with Gasteiger partial charge < -0.3 is 10.2 Å². The Balaban J connectivity index is 1.74. The number of carbonyl (C=O) groups is 1. The van der Waals surface area contributed by atoms with Crippen LogP contribution in [0.1, 0.15) is 55.1 Å². The van der Waals surface area contributed by atoms with Crippen molar-refractivity contribution in [2.24, 2.45) is 0 Å². The molecular formula is C20H25FN4O. The molecule has 26 heavy (non-hydrogen) atoms. The van der Waals surface area contributed by atoms with Crippen LogP contribution in [-0.4, -0.2) is 29.0 Å². The van der Waals surface area contributed by atoms with Crippen LogP contribution in [0, 0.1) is 5.82 Å². The third-order valence-electron chi connectivity index (χ3n) is 5.08. The number of amides is 1. The fraction of sp³-hybridized carbons (Fsp3) is 0.450. The normalized spacial score (nSPS) is 14.9. The molecule has 1 fully saturated rings. The number of benzene rings is 1. The summed E-state index contributed by atoms with van der Waals surface area (Å²) in [6.07, 6.45) is 9.40. The Morgan fingerprint density at radius 3 is 2.77 bits per heavy atom. The van der Waals surface area contributed by atoms with Crippen LogP contribution in [0.5, 0.6) is 0 Å². The highest BCUT2D eigenvalue weighted by Crippen LogP contribution is 2.29. The van der Waals surface area contributed by atoms with Crippen LogP contribution >= 0.6 is 0 Å². The van der Waals surface area contributed by atoms with Crippen molar-refractivity contribution in [3.8, 4) is 0 Å². The molecule has 0 bridgehead atoms. The van der Waals surface area contributed by atoms with Gasteiger partial charge >= 0.3 is 0 Å². The maximum absolute atomic E-state index is 14.6. The van der Waals surface area contributed by atoms with Crippen molar-refractivity contribution in [2.45, 2.75) is 51.5 Å². The number of halogens is 1. The van der Waals surface area contributed by atoms with Gasteiger partial charge in [-0.3, -0.25) is 4.79 Å². The highest BCUT2D eigenvalue weighted by atomic mass is 19.1. The second-order valence-electron chi connectivity index (χ2n) is 6.76. The molecule has 0 saturated heterocycles. The quantitative estimate of drug-likeness (QED) is 0.872. The lowest BCUT2D eigenvalue weighted by Crippen LogP contribution is -2.33. The predicted molar refractivity (Wildman–Crippen MR) is 101 cm³/mol. The van der Waals surface area contributed by atoms with Crippen LogP contribution in [0.2, 0.25) is 0 Å². The van der Waals surface area contributed by atoms with Crippen molar-refractivity contribution in [3.05, 3.63) is 47.8 Å².